The Morgan fingerprint density at radius 2 is 1.32 bits per heavy atom. The van der Waals surface area contributed by atoms with Crippen LogP contribution in [0.2, 0.25) is 0 Å². The zero-order chi connectivity index (χ0) is 13.6. The first kappa shape index (κ1) is 13.8. The molecular weight excluding hydrogens is 234 g/mol. The number of piperidine rings is 1. The molecule has 2 atom stereocenters. The van der Waals surface area contributed by atoms with Gasteiger partial charge >= 0.3 is 0 Å². The molecule has 2 bridgehead atoms. The Kier molecular flexibility index (Phi) is 3.65. The molecule has 19 heavy (non-hydrogen) atoms. The van der Waals surface area contributed by atoms with E-state index in [1.165, 1.54) is 51.9 Å². The molecule has 3 saturated heterocycles. The molecule has 0 radical (unpaired) electrons. The van der Waals surface area contributed by atoms with Gasteiger partial charge < -0.3 is 4.90 Å². The molecule has 0 aliphatic carbocycles. The summed E-state index contributed by atoms with van der Waals surface area (Å²) in [5.74, 6) is 0. The fraction of sp³-hybridized carbons (Fsp3) is 1.00. The Hall–Kier alpha value is -0.120. The molecule has 2 unspecified atom stereocenters. The Bertz CT molecular complexity index is 300. The molecule has 3 rings (SSSR count). The van der Waals surface area contributed by atoms with E-state index < -0.39 is 0 Å². The minimum absolute atomic E-state index is 0.345. The molecule has 0 N–H and O–H groups in total. The van der Waals surface area contributed by atoms with Crippen LogP contribution < -0.4 is 0 Å². The Morgan fingerprint density at radius 1 is 0.789 bits per heavy atom. The lowest BCUT2D eigenvalue weighted by Crippen LogP contribution is -2.58. The van der Waals surface area contributed by atoms with E-state index in [1.54, 1.807) is 0 Å². The minimum Gasteiger partial charge on any atom is -0.300 e. The van der Waals surface area contributed by atoms with Crippen LogP contribution in [0.15, 0.2) is 0 Å². The number of rotatable bonds is 1. The number of nitrogens with zero attached hydrogens (tertiary/aromatic N) is 3. The van der Waals surface area contributed by atoms with Crippen molar-refractivity contribution in [3.8, 4) is 0 Å². The third-order valence-electron chi connectivity index (χ3n) is 5.85. The third-order valence-corrected chi connectivity index (χ3v) is 5.85. The molecule has 0 aromatic carbocycles. The molecule has 3 aliphatic heterocycles. The van der Waals surface area contributed by atoms with Crippen LogP contribution >= 0.6 is 0 Å². The van der Waals surface area contributed by atoms with Gasteiger partial charge in [0.05, 0.1) is 0 Å². The second-order valence-corrected chi connectivity index (χ2v) is 7.87. The van der Waals surface area contributed by atoms with Gasteiger partial charge in [0.25, 0.3) is 0 Å². The van der Waals surface area contributed by atoms with Crippen LogP contribution in [0.3, 0.4) is 0 Å². The van der Waals surface area contributed by atoms with E-state index in [0.717, 1.165) is 18.1 Å². The van der Waals surface area contributed by atoms with Crippen molar-refractivity contribution >= 4 is 0 Å². The van der Waals surface area contributed by atoms with Crippen LogP contribution in [0.1, 0.15) is 46.5 Å². The maximum Gasteiger partial charge on any atom is 0.0126 e. The SMILES string of the molecule is CN1C2CCC1CC(N1CCN(C(C)(C)C)CC1)C2. The van der Waals surface area contributed by atoms with Crippen molar-refractivity contribution in [1.29, 1.82) is 0 Å². The Morgan fingerprint density at radius 3 is 1.79 bits per heavy atom. The van der Waals surface area contributed by atoms with Crippen molar-refractivity contribution in [2.45, 2.75) is 70.1 Å². The number of fused-ring (bicyclic) bond motifs is 2. The lowest BCUT2D eigenvalue weighted by Gasteiger charge is -2.47. The summed E-state index contributed by atoms with van der Waals surface area (Å²) in [4.78, 5) is 8.09. The Labute approximate surface area is 118 Å². The number of piperazine rings is 1. The second-order valence-electron chi connectivity index (χ2n) is 7.87. The molecule has 110 valence electrons. The van der Waals surface area contributed by atoms with Gasteiger partial charge in [0.1, 0.15) is 0 Å². The van der Waals surface area contributed by atoms with Gasteiger partial charge in [-0.25, -0.2) is 0 Å². The van der Waals surface area contributed by atoms with Gasteiger partial charge in [-0.05, 0) is 53.5 Å². The summed E-state index contributed by atoms with van der Waals surface area (Å²) < 4.78 is 0. The maximum absolute atomic E-state index is 2.79. The highest BCUT2D eigenvalue weighted by Gasteiger charge is 2.41. The van der Waals surface area contributed by atoms with Gasteiger partial charge in [-0.2, -0.15) is 0 Å². The first-order chi connectivity index (χ1) is 8.95. The van der Waals surface area contributed by atoms with Crippen LogP contribution in [-0.4, -0.2) is 71.6 Å². The smallest absolute Gasteiger partial charge is 0.0126 e. The predicted octanol–water partition coefficient (Wildman–Crippen LogP) is 2.03. The van der Waals surface area contributed by atoms with Gasteiger partial charge in [0.15, 0.2) is 0 Å². The van der Waals surface area contributed by atoms with Crippen molar-refractivity contribution in [2.24, 2.45) is 0 Å². The van der Waals surface area contributed by atoms with Gasteiger partial charge in [-0.1, -0.05) is 0 Å². The number of hydrogen-bond donors (Lipinski definition) is 0. The highest BCUT2D eigenvalue weighted by Crippen LogP contribution is 2.36. The zero-order valence-electron chi connectivity index (χ0n) is 13.2. The molecule has 3 heterocycles. The van der Waals surface area contributed by atoms with Crippen molar-refractivity contribution in [2.75, 3.05) is 33.2 Å². The standard InChI is InChI=1S/C16H31N3/c1-16(2,3)19-9-7-18(8-10-19)15-11-13-5-6-14(12-15)17(13)4/h13-15H,5-12H2,1-4H3. The maximum atomic E-state index is 2.79. The van der Waals surface area contributed by atoms with E-state index in [0.29, 0.717) is 5.54 Å². The van der Waals surface area contributed by atoms with Gasteiger partial charge in [-0.3, -0.25) is 9.80 Å². The fourth-order valence-electron chi connectivity index (χ4n) is 4.44. The molecule has 0 spiro atoms. The second kappa shape index (κ2) is 5.01. The average molecular weight is 265 g/mol. The lowest BCUT2D eigenvalue weighted by atomic mass is 9.95. The summed E-state index contributed by atoms with van der Waals surface area (Å²) in [6.07, 6.45) is 5.73. The van der Waals surface area contributed by atoms with Crippen LogP contribution in [0.25, 0.3) is 0 Å². The van der Waals surface area contributed by atoms with Gasteiger partial charge in [0, 0.05) is 49.8 Å². The minimum atomic E-state index is 0.345. The van der Waals surface area contributed by atoms with Crippen LogP contribution in [0, 0.1) is 0 Å². The van der Waals surface area contributed by atoms with Gasteiger partial charge in [-0.15, -0.1) is 0 Å². The van der Waals surface area contributed by atoms with Crippen molar-refractivity contribution < 1.29 is 0 Å². The third kappa shape index (κ3) is 2.70. The van der Waals surface area contributed by atoms with E-state index in [2.05, 4.69) is 42.5 Å². The zero-order valence-corrected chi connectivity index (χ0v) is 13.2. The summed E-state index contributed by atoms with van der Waals surface area (Å²) in [5.41, 5.74) is 0.345. The van der Waals surface area contributed by atoms with Gasteiger partial charge in [0.2, 0.25) is 0 Å². The van der Waals surface area contributed by atoms with Crippen LogP contribution in [0.4, 0.5) is 0 Å². The molecule has 3 aliphatic rings. The van der Waals surface area contributed by atoms with E-state index in [4.69, 9.17) is 0 Å². The van der Waals surface area contributed by atoms with E-state index in [-0.39, 0.29) is 0 Å². The van der Waals surface area contributed by atoms with E-state index in [1.807, 2.05) is 0 Å². The molecule has 0 aromatic rings. The normalized spacial score (nSPS) is 38.8. The fourth-order valence-corrected chi connectivity index (χ4v) is 4.44. The highest BCUT2D eigenvalue weighted by atomic mass is 15.3. The summed E-state index contributed by atoms with van der Waals surface area (Å²) in [6, 6.07) is 2.63. The van der Waals surface area contributed by atoms with Crippen LogP contribution in [-0.2, 0) is 0 Å². The monoisotopic (exact) mass is 265 g/mol. The number of hydrogen-bond acceptors (Lipinski definition) is 3. The lowest BCUT2D eigenvalue weighted by molar-refractivity contribution is 0.0126. The molecule has 0 amide bonds. The van der Waals surface area contributed by atoms with Crippen molar-refractivity contribution in [3.05, 3.63) is 0 Å². The average Bonchev–Trinajstić information content (AvgIpc) is 2.61. The molecule has 3 heteroatoms. The summed E-state index contributed by atoms with van der Waals surface area (Å²) in [5, 5.41) is 0. The van der Waals surface area contributed by atoms with Crippen molar-refractivity contribution in [3.63, 3.8) is 0 Å². The first-order valence-corrected chi connectivity index (χ1v) is 8.16. The molecular formula is C16H31N3. The highest BCUT2D eigenvalue weighted by molar-refractivity contribution is 4.97. The molecule has 3 fully saturated rings. The van der Waals surface area contributed by atoms with E-state index >= 15 is 0 Å². The van der Waals surface area contributed by atoms with Crippen LogP contribution in [0.5, 0.6) is 0 Å². The molecule has 0 saturated carbocycles. The largest absolute Gasteiger partial charge is 0.300 e. The molecule has 0 aromatic heterocycles. The quantitative estimate of drug-likeness (QED) is 0.718. The topological polar surface area (TPSA) is 9.72 Å². The Balaban J connectivity index is 1.55. The predicted molar refractivity (Wildman–Crippen MR) is 80.5 cm³/mol. The molecule has 3 nitrogen and oxygen atoms in total. The van der Waals surface area contributed by atoms with Crippen molar-refractivity contribution in [1.82, 2.24) is 14.7 Å². The van der Waals surface area contributed by atoms with E-state index in [9.17, 15) is 0 Å². The summed E-state index contributed by atoms with van der Waals surface area (Å²) in [7, 11) is 2.34. The summed E-state index contributed by atoms with van der Waals surface area (Å²) >= 11 is 0. The summed E-state index contributed by atoms with van der Waals surface area (Å²) in [6.45, 7) is 12.1. The first-order valence-electron chi connectivity index (χ1n) is 8.16.